The summed E-state index contributed by atoms with van der Waals surface area (Å²) in [6.07, 6.45) is 1.47. The highest BCUT2D eigenvalue weighted by Gasteiger charge is 2.26. The first-order valence-electron chi connectivity index (χ1n) is 7.02. The summed E-state index contributed by atoms with van der Waals surface area (Å²) in [5.74, 6) is -1.73. The molecule has 134 valence electrons. The van der Waals surface area contributed by atoms with Gasteiger partial charge in [-0.3, -0.25) is 9.48 Å². The molecule has 0 bridgehead atoms. The minimum Gasteiger partial charge on any atom is -0.358 e. The molecular weight excluding hydrogens is 390 g/mol. The number of carbonyl (C=O) groups is 1. The Balaban J connectivity index is 1.76. The number of rotatable bonds is 5. The van der Waals surface area contributed by atoms with Crippen molar-refractivity contribution in [3.63, 3.8) is 0 Å². The summed E-state index contributed by atoms with van der Waals surface area (Å²) in [4.78, 5) is 22.1. The zero-order valence-corrected chi connectivity index (χ0v) is 14.3. The molecule has 2 aromatic heterocycles. The molecule has 0 aliphatic heterocycles. The van der Waals surface area contributed by atoms with Crippen LogP contribution in [0.25, 0.3) is 0 Å². The van der Waals surface area contributed by atoms with Crippen molar-refractivity contribution in [2.75, 3.05) is 5.32 Å². The van der Waals surface area contributed by atoms with E-state index in [-0.39, 0.29) is 22.4 Å². The lowest BCUT2D eigenvalue weighted by Gasteiger charge is -2.02. The fourth-order valence-corrected chi connectivity index (χ4v) is 2.53. The molecule has 0 aliphatic carbocycles. The van der Waals surface area contributed by atoms with E-state index in [2.05, 4.69) is 20.6 Å². The molecule has 0 fully saturated rings. The number of nitrogens with zero attached hydrogens (tertiary/aromatic N) is 4. The van der Waals surface area contributed by atoms with Gasteiger partial charge in [-0.2, -0.15) is 5.10 Å². The molecular formula is C14H9Cl2FN6O3. The molecule has 0 spiro atoms. The van der Waals surface area contributed by atoms with Gasteiger partial charge in [0.25, 0.3) is 5.91 Å². The summed E-state index contributed by atoms with van der Waals surface area (Å²) in [5.41, 5.74) is 0.414. The number of aromatic amines is 1. The predicted octanol–water partition coefficient (Wildman–Crippen LogP) is 3.26. The highest BCUT2D eigenvalue weighted by atomic mass is 35.5. The zero-order chi connectivity index (χ0) is 18.8. The number of nitrogens with one attached hydrogen (secondary N) is 2. The van der Waals surface area contributed by atoms with E-state index in [1.807, 2.05) is 0 Å². The van der Waals surface area contributed by atoms with E-state index in [0.29, 0.717) is 6.54 Å². The largest absolute Gasteiger partial charge is 0.362 e. The maximum absolute atomic E-state index is 12.9. The molecule has 0 saturated carbocycles. The Morgan fingerprint density at radius 1 is 1.35 bits per heavy atom. The Kier molecular flexibility index (Phi) is 4.87. The van der Waals surface area contributed by atoms with Crippen molar-refractivity contribution in [1.82, 2.24) is 20.0 Å². The number of halogens is 3. The van der Waals surface area contributed by atoms with Gasteiger partial charge in [0.1, 0.15) is 10.8 Å². The summed E-state index contributed by atoms with van der Waals surface area (Å²) < 4.78 is 14.4. The van der Waals surface area contributed by atoms with Crippen molar-refractivity contribution < 1.29 is 14.1 Å². The van der Waals surface area contributed by atoms with Crippen molar-refractivity contribution in [3.8, 4) is 0 Å². The van der Waals surface area contributed by atoms with Gasteiger partial charge in [-0.05, 0) is 22.6 Å². The number of hydrogen-bond donors (Lipinski definition) is 2. The molecule has 0 unspecified atom stereocenters. The minimum atomic E-state index is -0.812. The molecule has 1 aromatic carbocycles. The van der Waals surface area contributed by atoms with E-state index in [1.54, 1.807) is 12.1 Å². The average molecular weight is 399 g/mol. The van der Waals surface area contributed by atoms with Gasteiger partial charge in [0.15, 0.2) is 16.5 Å². The second-order valence-corrected chi connectivity index (χ2v) is 5.88. The average Bonchev–Trinajstić information content (AvgIpc) is 3.12. The SMILES string of the molecule is O=C(Nc1nn(Cc2ccc(F)cc2)cc1Cl)c1n[nH]c([N+](=O)[O-])c1Cl. The first-order valence-corrected chi connectivity index (χ1v) is 7.77. The fraction of sp³-hybridized carbons (Fsp3) is 0.0714. The van der Waals surface area contributed by atoms with Crippen LogP contribution in [0.4, 0.5) is 16.0 Å². The van der Waals surface area contributed by atoms with Crippen molar-refractivity contribution >= 4 is 40.7 Å². The van der Waals surface area contributed by atoms with E-state index in [4.69, 9.17) is 23.2 Å². The summed E-state index contributed by atoms with van der Waals surface area (Å²) >= 11 is 11.8. The third-order valence-electron chi connectivity index (χ3n) is 3.29. The highest BCUT2D eigenvalue weighted by Crippen LogP contribution is 2.26. The number of carbonyl (C=O) groups excluding carboxylic acids is 1. The predicted molar refractivity (Wildman–Crippen MR) is 90.9 cm³/mol. The third kappa shape index (κ3) is 3.65. The molecule has 3 rings (SSSR count). The van der Waals surface area contributed by atoms with Crippen molar-refractivity contribution in [1.29, 1.82) is 0 Å². The number of hydrogen-bond acceptors (Lipinski definition) is 5. The molecule has 2 N–H and O–H groups in total. The number of H-pyrrole nitrogens is 1. The van der Waals surface area contributed by atoms with E-state index in [9.17, 15) is 19.3 Å². The van der Waals surface area contributed by atoms with Crippen LogP contribution in [0.3, 0.4) is 0 Å². The lowest BCUT2D eigenvalue weighted by atomic mass is 10.2. The molecule has 9 nitrogen and oxygen atoms in total. The molecule has 0 radical (unpaired) electrons. The molecule has 2 heterocycles. The zero-order valence-electron chi connectivity index (χ0n) is 12.7. The Morgan fingerprint density at radius 3 is 2.65 bits per heavy atom. The van der Waals surface area contributed by atoms with Crippen LogP contribution in [0, 0.1) is 15.9 Å². The molecule has 12 heteroatoms. The van der Waals surface area contributed by atoms with Gasteiger partial charge in [-0.25, -0.2) is 4.39 Å². The Morgan fingerprint density at radius 2 is 2.04 bits per heavy atom. The Hall–Kier alpha value is -2.98. The van der Waals surface area contributed by atoms with Gasteiger partial charge >= 0.3 is 5.82 Å². The lowest BCUT2D eigenvalue weighted by molar-refractivity contribution is -0.389. The van der Waals surface area contributed by atoms with E-state index in [1.165, 1.54) is 23.0 Å². The van der Waals surface area contributed by atoms with Crippen LogP contribution in [-0.2, 0) is 6.54 Å². The maximum Gasteiger partial charge on any atom is 0.362 e. The second kappa shape index (κ2) is 7.10. The van der Waals surface area contributed by atoms with Gasteiger partial charge < -0.3 is 15.4 Å². The number of nitro groups is 1. The molecule has 0 saturated heterocycles. The van der Waals surface area contributed by atoms with Crippen LogP contribution in [0.1, 0.15) is 16.1 Å². The molecule has 0 atom stereocenters. The fourth-order valence-electron chi connectivity index (χ4n) is 2.10. The first-order chi connectivity index (χ1) is 12.3. The number of anilines is 1. The normalized spacial score (nSPS) is 10.7. The van der Waals surface area contributed by atoms with Crippen molar-refractivity contribution in [3.05, 3.63) is 67.7 Å². The molecule has 0 aliphatic rings. The van der Waals surface area contributed by atoms with E-state index >= 15 is 0 Å². The van der Waals surface area contributed by atoms with Gasteiger partial charge in [-0.1, -0.05) is 40.4 Å². The van der Waals surface area contributed by atoms with Crippen molar-refractivity contribution in [2.45, 2.75) is 6.54 Å². The second-order valence-electron chi connectivity index (χ2n) is 5.10. The van der Waals surface area contributed by atoms with Crippen LogP contribution in [0.15, 0.2) is 30.5 Å². The number of benzene rings is 1. The van der Waals surface area contributed by atoms with Crippen LogP contribution in [0.2, 0.25) is 10.0 Å². The van der Waals surface area contributed by atoms with Crippen LogP contribution >= 0.6 is 23.2 Å². The van der Waals surface area contributed by atoms with Gasteiger partial charge in [0.05, 0.1) is 6.54 Å². The van der Waals surface area contributed by atoms with Crippen LogP contribution in [-0.4, -0.2) is 30.8 Å². The van der Waals surface area contributed by atoms with E-state index in [0.717, 1.165) is 5.56 Å². The standard InChI is InChI=1S/C14H9Cl2FN6O3/c15-9-6-22(5-7-1-3-8(17)4-2-7)21-12(9)18-14(24)11-10(16)13(20-19-11)23(25)26/h1-4,6H,5H2,(H,19,20)(H,18,21,24). The summed E-state index contributed by atoms with van der Waals surface area (Å²) in [6, 6.07) is 5.81. The third-order valence-corrected chi connectivity index (χ3v) is 3.93. The quantitative estimate of drug-likeness (QED) is 0.504. The minimum absolute atomic E-state index is 0.0282. The molecule has 1 amide bonds. The van der Waals surface area contributed by atoms with Crippen molar-refractivity contribution in [2.24, 2.45) is 0 Å². The lowest BCUT2D eigenvalue weighted by Crippen LogP contribution is -2.14. The first kappa shape index (κ1) is 17.8. The van der Waals surface area contributed by atoms with Crippen LogP contribution < -0.4 is 5.32 Å². The summed E-state index contributed by atoms with van der Waals surface area (Å²) in [5, 5.41) is 22.5. The summed E-state index contributed by atoms with van der Waals surface area (Å²) in [6.45, 7) is 0.296. The monoisotopic (exact) mass is 398 g/mol. The highest BCUT2D eigenvalue weighted by molar-refractivity contribution is 6.36. The Labute approximate surface area is 154 Å². The Bertz CT molecular complexity index is 985. The smallest absolute Gasteiger partial charge is 0.358 e. The van der Waals surface area contributed by atoms with Gasteiger partial charge in [0, 0.05) is 6.20 Å². The number of amides is 1. The maximum atomic E-state index is 12.9. The molecule has 3 aromatic rings. The van der Waals surface area contributed by atoms with Gasteiger partial charge in [-0.15, -0.1) is 5.10 Å². The molecule has 26 heavy (non-hydrogen) atoms. The number of aromatic nitrogens is 4. The summed E-state index contributed by atoms with van der Waals surface area (Å²) in [7, 11) is 0. The topological polar surface area (TPSA) is 119 Å². The van der Waals surface area contributed by atoms with Crippen LogP contribution in [0.5, 0.6) is 0 Å². The van der Waals surface area contributed by atoms with E-state index < -0.39 is 21.7 Å². The van der Waals surface area contributed by atoms with Gasteiger partial charge in [0.2, 0.25) is 0 Å².